The number of para-hydroxylation sites is 1. The van der Waals surface area contributed by atoms with Crippen molar-refractivity contribution in [3.8, 4) is 11.5 Å². The lowest BCUT2D eigenvalue weighted by Crippen LogP contribution is -2.23. The van der Waals surface area contributed by atoms with Gasteiger partial charge < -0.3 is 14.5 Å². The minimum Gasteiger partial charge on any atom is -0.457 e. The van der Waals surface area contributed by atoms with E-state index < -0.39 is 0 Å². The molecule has 31 heavy (non-hydrogen) atoms. The number of hydrogen-bond donors (Lipinski definition) is 0. The molecule has 0 aromatic heterocycles. The summed E-state index contributed by atoms with van der Waals surface area (Å²) in [7, 11) is 4.15. The van der Waals surface area contributed by atoms with Crippen LogP contribution in [0.1, 0.15) is 33.5 Å². The van der Waals surface area contributed by atoms with Crippen LogP contribution in [0.15, 0.2) is 66.7 Å². The largest absolute Gasteiger partial charge is 0.457 e. The second kappa shape index (κ2) is 9.54. The van der Waals surface area contributed by atoms with Crippen LogP contribution < -0.4 is 4.74 Å². The summed E-state index contributed by atoms with van der Waals surface area (Å²) in [5, 5.41) is 0.566. The zero-order valence-corrected chi connectivity index (χ0v) is 18.7. The summed E-state index contributed by atoms with van der Waals surface area (Å²) in [6.07, 6.45) is 2.03. The van der Waals surface area contributed by atoms with Crippen LogP contribution in [0.3, 0.4) is 0 Å². The molecule has 1 amide bonds. The zero-order chi connectivity index (χ0) is 21.8. The molecule has 0 bridgehead atoms. The van der Waals surface area contributed by atoms with Gasteiger partial charge in [-0.25, -0.2) is 0 Å². The number of benzene rings is 3. The number of halogens is 1. The van der Waals surface area contributed by atoms with Gasteiger partial charge in [0.1, 0.15) is 11.5 Å². The fraction of sp³-hybridized carbons (Fsp3) is 0.269. The highest BCUT2D eigenvalue weighted by Gasteiger charge is 2.30. The highest BCUT2D eigenvalue weighted by Crippen LogP contribution is 2.32. The summed E-state index contributed by atoms with van der Waals surface area (Å²) >= 11 is 6.50. The fourth-order valence-corrected chi connectivity index (χ4v) is 4.25. The summed E-state index contributed by atoms with van der Waals surface area (Å²) in [4.78, 5) is 17.0. The van der Waals surface area contributed by atoms with Gasteiger partial charge in [0.15, 0.2) is 0 Å². The van der Waals surface area contributed by atoms with Crippen LogP contribution in [0, 0.1) is 0 Å². The Bertz CT molecular complexity index is 1050. The van der Waals surface area contributed by atoms with Crippen LogP contribution in [-0.4, -0.2) is 36.3 Å². The molecule has 0 atom stereocenters. The first kappa shape index (κ1) is 21.4. The Morgan fingerprint density at radius 2 is 1.68 bits per heavy atom. The van der Waals surface area contributed by atoms with Crippen molar-refractivity contribution in [1.29, 1.82) is 0 Å². The minimum absolute atomic E-state index is 0.00412. The highest BCUT2D eigenvalue weighted by molar-refractivity contribution is 6.34. The lowest BCUT2D eigenvalue weighted by Gasteiger charge is -2.16. The molecular weight excluding hydrogens is 408 g/mol. The molecule has 5 heteroatoms. The Balaban J connectivity index is 1.41. The summed E-state index contributed by atoms with van der Waals surface area (Å²) in [6, 6.07) is 21.7. The van der Waals surface area contributed by atoms with Crippen molar-refractivity contribution in [3.05, 3.63) is 94.0 Å². The van der Waals surface area contributed by atoms with Gasteiger partial charge in [-0.1, -0.05) is 48.0 Å². The van der Waals surface area contributed by atoms with Gasteiger partial charge in [-0.05, 0) is 80.5 Å². The number of nitrogens with zero attached hydrogens (tertiary/aromatic N) is 2. The van der Waals surface area contributed by atoms with E-state index in [0.717, 1.165) is 42.0 Å². The molecule has 0 unspecified atom stereocenters. The second-order valence-electron chi connectivity index (χ2n) is 8.24. The first-order valence-electron chi connectivity index (χ1n) is 10.6. The number of rotatable bonds is 8. The normalized spacial score (nSPS) is 13.0. The van der Waals surface area contributed by atoms with E-state index >= 15 is 0 Å². The van der Waals surface area contributed by atoms with Gasteiger partial charge in [-0.3, -0.25) is 4.79 Å². The Morgan fingerprint density at radius 3 is 2.39 bits per heavy atom. The molecule has 0 saturated heterocycles. The van der Waals surface area contributed by atoms with Gasteiger partial charge in [0, 0.05) is 13.1 Å². The number of hydrogen-bond acceptors (Lipinski definition) is 3. The van der Waals surface area contributed by atoms with Crippen molar-refractivity contribution in [2.45, 2.75) is 25.9 Å². The van der Waals surface area contributed by atoms with E-state index in [-0.39, 0.29) is 5.91 Å². The summed E-state index contributed by atoms with van der Waals surface area (Å²) in [5.74, 6) is 1.58. The van der Waals surface area contributed by atoms with E-state index in [4.69, 9.17) is 16.3 Å². The monoisotopic (exact) mass is 434 g/mol. The molecule has 0 saturated carbocycles. The third-order valence-electron chi connectivity index (χ3n) is 5.44. The van der Waals surface area contributed by atoms with Crippen molar-refractivity contribution in [2.75, 3.05) is 20.6 Å². The van der Waals surface area contributed by atoms with Gasteiger partial charge in [-0.15, -0.1) is 0 Å². The SMILES string of the molecule is CN(C)CCCc1cc(Cl)c2c(c1)CN(Cc1ccc(Oc3ccccc3)cc1)C2=O. The molecule has 0 fully saturated rings. The summed E-state index contributed by atoms with van der Waals surface area (Å²) < 4.78 is 5.85. The Kier molecular flexibility index (Phi) is 6.59. The van der Waals surface area contributed by atoms with Crippen LogP contribution >= 0.6 is 11.6 Å². The van der Waals surface area contributed by atoms with Gasteiger partial charge in [0.2, 0.25) is 0 Å². The standard InChI is InChI=1S/C26H27ClN2O2/c1-28(2)14-6-7-20-15-21-18-29(26(30)25(21)24(27)16-20)17-19-10-12-23(13-11-19)31-22-8-4-3-5-9-22/h3-5,8-13,15-16H,6-7,14,17-18H2,1-2H3. The molecule has 1 aliphatic rings. The minimum atomic E-state index is 0.00412. The van der Waals surface area contributed by atoms with Crippen LogP contribution in [0.25, 0.3) is 0 Å². The number of carbonyl (C=O) groups is 1. The zero-order valence-electron chi connectivity index (χ0n) is 18.0. The molecule has 0 radical (unpaired) electrons. The first-order chi connectivity index (χ1) is 15.0. The van der Waals surface area contributed by atoms with Crippen LogP contribution in [0.2, 0.25) is 5.02 Å². The predicted molar refractivity (Wildman–Crippen MR) is 125 cm³/mol. The second-order valence-corrected chi connectivity index (χ2v) is 8.65. The fourth-order valence-electron chi connectivity index (χ4n) is 3.91. The maximum atomic E-state index is 13.0. The van der Waals surface area contributed by atoms with Crippen LogP contribution in [0.5, 0.6) is 11.5 Å². The topological polar surface area (TPSA) is 32.8 Å². The molecule has 160 valence electrons. The Hall–Kier alpha value is -2.82. The van der Waals surface area contributed by atoms with Crippen molar-refractivity contribution in [1.82, 2.24) is 9.80 Å². The third kappa shape index (κ3) is 5.27. The number of fused-ring (bicyclic) bond motifs is 1. The number of carbonyl (C=O) groups excluding carboxylic acids is 1. The first-order valence-corrected chi connectivity index (χ1v) is 10.9. The average molecular weight is 435 g/mol. The molecule has 1 aliphatic heterocycles. The van der Waals surface area contributed by atoms with Crippen molar-refractivity contribution < 1.29 is 9.53 Å². The molecule has 1 heterocycles. The van der Waals surface area contributed by atoms with E-state index in [1.165, 1.54) is 5.56 Å². The third-order valence-corrected chi connectivity index (χ3v) is 5.74. The van der Waals surface area contributed by atoms with Crippen molar-refractivity contribution in [2.24, 2.45) is 0 Å². The van der Waals surface area contributed by atoms with Crippen LogP contribution in [-0.2, 0) is 19.5 Å². The molecular formula is C26H27ClN2O2. The van der Waals surface area contributed by atoms with Gasteiger partial charge >= 0.3 is 0 Å². The van der Waals surface area contributed by atoms with Gasteiger partial charge in [0.05, 0.1) is 10.6 Å². The van der Waals surface area contributed by atoms with E-state index in [2.05, 4.69) is 25.1 Å². The number of aryl methyl sites for hydroxylation is 1. The Morgan fingerprint density at radius 1 is 0.968 bits per heavy atom. The number of amides is 1. The van der Waals surface area contributed by atoms with Gasteiger partial charge in [-0.2, -0.15) is 0 Å². The molecule has 0 aliphatic carbocycles. The van der Waals surface area contributed by atoms with Gasteiger partial charge in [0.25, 0.3) is 5.91 Å². The van der Waals surface area contributed by atoms with Crippen molar-refractivity contribution >= 4 is 17.5 Å². The molecule has 3 aromatic rings. The lowest BCUT2D eigenvalue weighted by molar-refractivity contribution is 0.0767. The molecule has 4 nitrogen and oxygen atoms in total. The lowest BCUT2D eigenvalue weighted by atomic mass is 10.0. The van der Waals surface area contributed by atoms with E-state index in [9.17, 15) is 4.79 Å². The molecule has 3 aromatic carbocycles. The number of ether oxygens (including phenoxy) is 1. The van der Waals surface area contributed by atoms with Crippen molar-refractivity contribution in [3.63, 3.8) is 0 Å². The predicted octanol–water partition coefficient (Wildman–Crippen LogP) is 5.78. The average Bonchev–Trinajstić information content (AvgIpc) is 3.05. The summed E-state index contributed by atoms with van der Waals surface area (Å²) in [5.41, 5.74) is 3.94. The van der Waals surface area contributed by atoms with E-state index in [0.29, 0.717) is 23.7 Å². The maximum Gasteiger partial charge on any atom is 0.256 e. The Labute approximate surface area is 189 Å². The van der Waals surface area contributed by atoms with E-state index in [1.54, 1.807) is 0 Å². The summed E-state index contributed by atoms with van der Waals surface area (Å²) in [6.45, 7) is 2.17. The molecule has 0 N–H and O–H groups in total. The molecule has 4 rings (SSSR count). The maximum absolute atomic E-state index is 13.0. The quantitative estimate of drug-likeness (QED) is 0.450. The van der Waals surface area contributed by atoms with E-state index in [1.807, 2.05) is 65.6 Å². The van der Waals surface area contributed by atoms with Crippen LogP contribution in [0.4, 0.5) is 0 Å². The molecule has 0 spiro atoms. The smallest absolute Gasteiger partial charge is 0.256 e. The highest BCUT2D eigenvalue weighted by atomic mass is 35.5.